The quantitative estimate of drug-likeness (QED) is 0.765. The molecule has 1 fully saturated rings. The molecule has 1 heterocycles. The third kappa shape index (κ3) is 4.88. The van der Waals surface area contributed by atoms with Crippen molar-refractivity contribution in [2.24, 2.45) is 5.41 Å². The number of nitrogens with zero attached hydrogens (tertiary/aromatic N) is 2. The topological polar surface area (TPSA) is 32.8 Å². The smallest absolute Gasteiger partial charge is 0.233 e. The number of hydrogen-bond acceptors (Lipinski definition) is 4. The van der Waals surface area contributed by atoms with Gasteiger partial charge in [-0.2, -0.15) is 0 Å². The number of rotatable bonds is 7. The lowest BCUT2D eigenvalue weighted by Crippen LogP contribution is -2.41. The Labute approximate surface area is 144 Å². The summed E-state index contributed by atoms with van der Waals surface area (Å²) in [5, 5.41) is 0.111. The average Bonchev–Trinajstić information content (AvgIpc) is 2.79. The van der Waals surface area contributed by atoms with Crippen LogP contribution in [0.3, 0.4) is 0 Å². The van der Waals surface area contributed by atoms with Crippen molar-refractivity contribution in [3.63, 3.8) is 0 Å². The van der Waals surface area contributed by atoms with E-state index >= 15 is 0 Å². The first-order chi connectivity index (χ1) is 10.8. The molecule has 1 saturated heterocycles. The maximum atomic E-state index is 12.4. The molecule has 1 unspecified atom stereocenters. The zero-order valence-corrected chi connectivity index (χ0v) is 15.7. The number of hydrogen-bond donors (Lipinski definition) is 0. The molecule has 1 aromatic rings. The minimum Gasteiger partial charge on any atom is -0.494 e. The monoisotopic (exact) mass is 336 g/mol. The van der Waals surface area contributed by atoms with Crippen LogP contribution < -0.4 is 4.74 Å². The van der Waals surface area contributed by atoms with Gasteiger partial charge in [-0.25, -0.2) is 0 Å². The molecule has 0 aromatic heterocycles. The molecule has 4 nitrogen and oxygen atoms in total. The van der Waals surface area contributed by atoms with E-state index in [2.05, 4.69) is 45.0 Å². The van der Waals surface area contributed by atoms with E-state index < -0.39 is 0 Å². The summed E-state index contributed by atoms with van der Waals surface area (Å²) in [5.74, 6) is 1.68. The van der Waals surface area contributed by atoms with Crippen LogP contribution in [0, 0.1) is 5.41 Å². The van der Waals surface area contributed by atoms with E-state index in [4.69, 9.17) is 4.74 Å². The zero-order chi connectivity index (χ0) is 17.0. The van der Waals surface area contributed by atoms with Crippen LogP contribution >= 0.6 is 11.8 Å². The summed E-state index contributed by atoms with van der Waals surface area (Å²) < 4.78 is 5.50. The van der Waals surface area contributed by atoms with Crippen LogP contribution in [0.1, 0.15) is 31.7 Å². The van der Waals surface area contributed by atoms with Gasteiger partial charge in [0, 0.05) is 13.1 Å². The summed E-state index contributed by atoms with van der Waals surface area (Å²) in [6, 6.07) is 8.14. The van der Waals surface area contributed by atoms with Crippen molar-refractivity contribution in [2.75, 3.05) is 39.5 Å². The van der Waals surface area contributed by atoms with E-state index in [1.54, 1.807) is 11.8 Å². The first-order valence-corrected chi connectivity index (χ1v) is 9.16. The molecule has 0 saturated carbocycles. The normalized spacial score (nSPS) is 18.8. The van der Waals surface area contributed by atoms with Crippen molar-refractivity contribution in [1.82, 2.24) is 9.80 Å². The summed E-state index contributed by atoms with van der Waals surface area (Å²) >= 11 is 1.71. The fourth-order valence-electron chi connectivity index (χ4n) is 3.16. The van der Waals surface area contributed by atoms with Crippen molar-refractivity contribution in [3.8, 4) is 5.75 Å². The standard InChI is InChI=1S/C18H28N2O2S/c1-6-22-15-9-7-14(8-10-15)17-20(16(21)11-23-17)13-18(2,3)12-19(4)5/h7-10,17H,6,11-13H2,1-5H3. The lowest BCUT2D eigenvalue weighted by molar-refractivity contribution is -0.129. The van der Waals surface area contributed by atoms with Crippen molar-refractivity contribution < 1.29 is 9.53 Å². The lowest BCUT2D eigenvalue weighted by atomic mass is 9.92. The molecule has 0 bridgehead atoms. The van der Waals surface area contributed by atoms with E-state index in [9.17, 15) is 4.79 Å². The third-order valence-corrected chi connectivity index (χ3v) is 5.04. The number of benzene rings is 1. The Hall–Kier alpha value is -1.20. The number of ether oxygens (including phenoxy) is 1. The van der Waals surface area contributed by atoms with Crippen molar-refractivity contribution >= 4 is 17.7 Å². The zero-order valence-electron chi connectivity index (χ0n) is 14.8. The van der Waals surface area contributed by atoms with E-state index in [1.807, 2.05) is 24.0 Å². The van der Waals surface area contributed by atoms with Gasteiger partial charge in [-0.15, -0.1) is 11.8 Å². The van der Waals surface area contributed by atoms with Crippen LogP contribution in [0.15, 0.2) is 24.3 Å². The highest BCUT2D eigenvalue weighted by Gasteiger charge is 2.36. The molecule has 1 aliphatic rings. The highest BCUT2D eigenvalue weighted by Crippen LogP contribution is 2.40. The summed E-state index contributed by atoms with van der Waals surface area (Å²) in [7, 11) is 4.15. The Morgan fingerprint density at radius 2 is 1.96 bits per heavy atom. The van der Waals surface area contributed by atoms with Gasteiger partial charge in [0.15, 0.2) is 0 Å². The fourth-order valence-corrected chi connectivity index (χ4v) is 4.35. The molecule has 1 amide bonds. The second-order valence-corrected chi connectivity index (χ2v) is 8.16. The number of carbonyl (C=O) groups is 1. The molecule has 128 valence electrons. The van der Waals surface area contributed by atoms with Gasteiger partial charge in [0.25, 0.3) is 0 Å². The van der Waals surface area contributed by atoms with Gasteiger partial charge in [-0.1, -0.05) is 26.0 Å². The molecule has 5 heteroatoms. The van der Waals surface area contributed by atoms with E-state index in [0.717, 1.165) is 18.8 Å². The number of thioether (sulfide) groups is 1. The molecule has 0 radical (unpaired) electrons. The molecule has 1 atom stereocenters. The van der Waals surface area contributed by atoms with Crippen LogP contribution in [-0.4, -0.2) is 55.3 Å². The van der Waals surface area contributed by atoms with Crippen LogP contribution in [0.4, 0.5) is 0 Å². The van der Waals surface area contributed by atoms with Crippen molar-refractivity contribution in [1.29, 1.82) is 0 Å². The third-order valence-electron chi connectivity index (χ3n) is 3.79. The van der Waals surface area contributed by atoms with Crippen LogP contribution in [0.5, 0.6) is 5.75 Å². The Balaban J connectivity index is 2.12. The summed E-state index contributed by atoms with van der Waals surface area (Å²) in [5.41, 5.74) is 1.23. The maximum absolute atomic E-state index is 12.4. The SMILES string of the molecule is CCOc1ccc(C2SCC(=O)N2CC(C)(C)CN(C)C)cc1. The molecule has 1 aromatic carbocycles. The summed E-state index contributed by atoms with van der Waals surface area (Å²) in [4.78, 5) is 16.6. The number of carbonyl (C=O) groups excluding carboxylic acids is 1. The Kier molecular flexibility index (Phi) is 5.98. The molecule has 0 aliphatic carbocycles. The van der Waals surface area contributed by atoms with Gasteiger partial charge in [-0.3, -0.25) is 4.79 Å². The van der Waals surface area contributed by atoms with Gasteiger partial charge >= 0.3 is 0 Å². The van der Waals surface area contributed by atoms with Gasteiger partial charge in [-0.05, 0) is 44.1 Å². The second-order valence-electron chi connectivity index (χ2n) is 7.09. The Bertz CT molecular complexity index is 528. The van der Waals surface area contributed by atoms with E-state index in [-0.39, 0.29) is 16.7 Å². The summed E-state index contributed by atoms with van der Waals surface area (Å²) in [6.07, 6.45) is 0. The van der Waals surface area contributed by atoms with Crippen LogP contribution in [0.2, 0.25) is 0 Å². The molecule has 0 spiro atoms. The number of amides is 1. The predicted molar refractivity (Wildman–Crippen MR) is 96.9 cm³/mol. The van der Waals surface area contributed by atoms with Gasteiger partial charge < -0.3 is 14.5 Å². The van der Waals surface area contributed by atoms with E-state index in [0.29, 0.717) is 12.4 Å². The minimum absolute atomic E-state index is 0.0631. The Morgan fingerprint density at radius 3 is 2.52 bits per heavy atom. The molecular formula is C18H28N2O2S. The summed E-state index contributed by atoms with van der Waals surface area (Å²) in [6.45, 7) is 8.82. The maximum Gasteiger partial charge on any atom is 0.233 e. The average molecular weight is 337 g/mol. The Morgan fingerprint density at radius 1 is 1.30 bits per heavy atom. The lowest BCUT2D eigenvalue weighted by Gasteiger charge is -2.35. The molecule has 1 aliphatic heterocycles. The van der Waals surface area contributed by atoms with E-state index in [1.165, 1.54) is 5.56 Å². The molecule has 23 heavy (non-hydrogen) atoms. The largest absolute Gasteiger partial charge is 0.494 e. The molecule has 2 rings (SSSR count). The van der Waals surface area contributed by atoms with Gasteiger partial charge in [0.2, 0.25) is 5.91 Å². The molecular weight excluding hydrogens is 308 g/mol. The highest BCUT2D eigenvalue weighted by atomic mass is 32.2. The molecule has 0 N–H and O–H groups in total. The first kappa shape index (κ1) is 18.1. The van der Waals surface area contributed by atoms with Gasteiger partial charge in [0.05, 0.1) is 12.4 Å². The minimum atomic E-state index is 0.0631. The second kappa shape index (κ2) is 7.58. The van der Waals surface area contributed by atoms with Crippen molar-refractivity contribution in [2.45, 2.75) is 26.1 Å². The van der Waals surface area contributed by atoms with Gasteiger partial charge in [0.1, 0.15) is 11.1 Å². The van der Waals surface area contributed by atoms with Crippen LogP contribution in [0.25, 0.3) is 0 Å². The van der Waals surface area contributed by atoms with Crippen molar-refractivity contribution in [3.05, 3.63) is 29.8 Å². The first-order valence-electron chi connectivity index (χ1n) is 8.11. The fraction of sp³-hybridized carbons (Fsp3) is 0.611. The highest BCUT2D eigenvalue weighted by molar-refractivity contribution is 8.00. The predicted octanol–water partition coefficient (Wildman–Crippen LogP) is 3.25. The van der Waals surface area contributed by atoms with Crippen LogP contribution in [-0.2, 0) is 4.79 Å².